The van der Waals surface area contributed by atoms with E-state index < -0.39 is 0 Å². The molecule has 150 valence electrons. The van der Waals surface area contributed by atoms with Crippen LogP contribution in [0.2, 0.25) is 0 Å². The van der Waals surface area contributed by atoms with Gasteiger partial charge in [-0.05, 0) is 60.7 Å². The lowest BCUT2D eigenvalue weighted by Crippen LogP contribution is -2.28. The molecule has 0 aliphatic heterocycles. The quantitative estimate of drug-likeness (QED) is 0.448. The van der Waals surface area contributed by atoms with Gasteiger partial charge in [0.1, 0.15) is 11.6 Å². The Morgan fingerprint density at radius 2 is 1.80 bits per heavy atom. The molecule has 1 aliphatic rings. The van der Waals surface area contributed by atoms with E-state index in [2.05, 4.69) is 28.8 Å². The van der Waals surface area contributed by atoms with Crippen molar-refractivity contribution in [2.45, 2.75) is 38.6 Å². The number of hydrogen-bond acceptors (Lipinski definition) is 3. The molecule has 0 fully saturated rings. The zero-order chi connectivity index (χ0) is 20.9. The number of nitrogens with zero attached hydrogens (tertiary/aromatic N) is 1. The SMILES string of the molecule is CC(NC(=O)/C(C#N)=C\Nc1cccc2ccccc12)c1ccc2c(c1)CCCC2. The molecule has 4 heteroatoms. The summed E-state index contributed by atoms with van der Waals surface area (Å²) in [6, 6.07) is 22.2. The molecule has 30 heavy (non-hydrogen) atoms. The number of carbonyl (C=O) groups excluding carboxylic acids is 1. The molecule has 3 aromatic rings. The van der Waals surface area contributed by atoms with Crippen LogP contribution in [0.5, 0.6) is 0 Å². The van der Waals surface area contributed by atoms with Crippen molar-refractivity contribution in [3.63, 3.8) is 0 Å². The largest absolute Gasteiger partial charge is 0.360 e. The van der Waals surface area contributed by atoms with Crippen LogP contribution in [0.4, 0.5) is 5.69 Å². The molecule has 0 spiro atoms. The zero-order valence-corrected chi connectivity index (χ0v) is 17.1. The van der Waals surface area contributed by atoms with Gasteiger partial charge in [0.05, 0.1) is 6.04 Å². The standard InChI is InChI=1S/C26H25N3O/c1-18(21-14-13-19-7-2-3-9-22(19)15-21)29-26(30)23(16-27)17-28-25-12-6-10-20-8-4-5-11-24(20)25/h4-6,8,10-15,17-18,28H,2-3,7,9H2,1H3,(H,29,30)/b23-17-. The molecule has 0 heterocycles. The minimum atomic E-state index is -0.379. The van der Waals surface area contributed by atoms with Gasteiger partial charge in [0, 0.05) is 17.3 Å². The maximum Gasteiger partial charge on any atom is 0.263 e. The second-order valence-electron chi connectivity index (χ2n) is 7.77. The van der Waals surface area contributed by atoms with Gasteiger partial charge in [-0.25, -0.2) is 0 Å². The molecule has 0 saturated carbocycles. The second-order valence-corrected chi connectivity index (χ2v) is 7.77. The number of rotatable bonds is 5. The summed E-state index contributed by atoms with van der Waals surface area (Å²) >= 11 is 0. The molecule has 1 amide bonds. The van der Waals surface area contributed by atoms with Crippen LogP contribution in [0.25, 0.3) is 10.8 Å². The summed E-state index contributed by atoms with van der Waals surface area (Å²) < 4.78 is 0. The second kappa shape index (κ2) is 8.84. The summed E-state index contributed by atoms with van der Waals surface area (Å²) in [7, 11) is 0. The van der Waals surface area contributed by atoms with E-state index in [0.29, 0.717) is 0 Å². The summed E-state index contributed by atoms with van der Waals surface area (Å²) in [5, 5.41) is 17.7. The first-order valence-electron chi connectivity index (χ1n) is 10.4. The molecule has 0 aromatic heterocycles. The molecule has 4 nitrogen and oxygen atoms in total. The van der Waals surface area contributed by atoms with Gasteiger partial charge in [0.15, 0.2) is 0 Å². The number of amides is 1. The van der Waals surface area contributed by atoms with E-state index in [1.807, 2.05) is 55.5 Å². The topological polar surface area (TPSA) is 64.9 Å². The minimum absolute atomic E-state index is 0.0488. The van der Waals surface area contributed by atoms with Crippen LogP contribution in [-0.4, -0.2) is 5.91 Å². The Kier molecular flexibility index (Phi) is 5.81. The Bertz CT molecular complexity index is 1150. The van der Waals surface area contributed by atoms with Crippen molar-refractivity contribution in [2.75, 3.05) is 5.32 Å². The normalized spacial score (nSPS) is 14.5. The van der Waals surface area contributed by atoms with Crippen molar-refractivity contribution in [1.82, 2.24) is 5.32 Å². The number of fused-ring (bicyclic) bond motifs is 2. The smallest absolute Gasteiger partial charge is 0.263 e. The summed E-state index contributed by atoms with van der Waals surface area (Å²) in [6.07, 6.45) is 6.19. The Hall–Kier alpha value is -3.58. The zero-order valence-electron chi connectivity index (χ0n) is 17.1. The number of anilines is 1. The summed E-state index contributed by atoms with van der Waals surface area (Å²) in [5.41, 5.74) is 4.78. The summed E-state index contributed by atoms with van der Waals surface area (Å²) in [4.78, 5) is 12.7. The number of carbonyl (C=O) groups is 1. The van der Waals surface area contributed by atoms with E-state index in [1.165, 1.54) is 30.2 Å². The maximum absolute atomic E-state index is 12.7. The number of hydrogen-bond donors (Lipinski definition) is 2. The first-order chi connectivity index (χ1) is 14.7. The van der Waals surface area contributed by atoms with Crippen LogP contribution in [0.1, 0.15) is 42.5 Å². The maximum atomic E-state index is 12.7. The monoisotopic (exact) mass is 395 g/mol. The van der Waals surface area contributed by atoms with Crippen LogP contribution in [0.15, 0.2) is 72.4 Å². The fourth-order valence-corrected chi connectivity index (χ4v) is 4.03. The minimum Gasteiger partial charge on any atom is -0.360 e. The molecule has 1 aliphatic carbocycles. The molecular formula is C26H25N3O. The molecule has 0 bridgehead atoms. The van der Waals surface area contributed by atoms with Gasteiger partial charge in [0.2, 0.25) is 0 Å². The number of nitriles is 1. The van der Waals surface area contributed by atoms with E-state index in [4.69, 9.17) is 0 Å². The fourth-order valence-electron chi connectivity index (χ4n) is 4.03. The molecule has 0 radical (unpaired) electrons. The highest BCUT2D eigenvalue weighted by Crippen LogP contribution is 2.25. The predicted molar refractivity (Wildman–Crippen MR) is 121 cm³/mol. The third-order valence-electron chi connectivity index (χ3n) is 5.75. The van der Waals surface area contributed by atoms with Gasteiger partial charge in [-0.3, -0.25) is 4.79 Å². The van der Waals surface area contributed by atoms with Gasteiger partial charge >= 0.3 is 0 Å². The molecule has 0 saturated heterocycles. The molecule has 1 atom stereocenters. The van der Waals surface area contributed by atoms with Crippen LogP contribution >= 0.6 is 0 Å². The van der Waals surface area contributed by atoms with E-state index in [-0.39, 0.29) is 17.5 Å². The van der Waals surface area contributed by atoms with Gasteiger partial charge in [-0.15, -0.1) is 0 Å². The number of benzene rings is 3. The Labute approximate surface area is 177 Å². The molecule has 4 rings (SSSR count). The number of nitrogens with one attached hydrogen (secondary N) is 2. The molecular weight excluding hydrogens is 370 g/mol. The van der Waals surface area contributed by atoms with Crippen molar-refractivity contribution in [3.8, 4) is 6.07 Å². The fraction of sp³-hybridized carbons (Fsp3) is 0.231. The lowest BCUT2D eigenvalue weighted by atomic mass is 9.89. The molecule has 3 aromatic carbocycles. The lowest BCUT2D eigenvalue weighted by Gasteiger charge is -2.20. The van der Waals surface area contributed by atoms with Crippen LogP contribution in [-0.2, 0) is 17.6 Å². The first-order valence-corrected chi connectivity index (χ1v) is 10.4. The van der Waals surface area contributed by atoms with Crippen molar-refractivity contribution in [1.29, 1.82) is 5.26 Å². The average Bonchev–Trinajstić information content (AvgIpc) is 2.79. The Morgan fingerprint density at radius 3 is 2.63 bits per heavy atom. The predicted octanol–water partition coefficient (Wildman–Crippen LogP) is 5.42. The Morgan fingerprint density at radius 1 is 1.03 bits per heavy atom. The molecule has 1 unspecified atom stereocenters. The molecule has 2 N–H and O–H groups in total. The van der Waals surface area contributed by atoms with E-state index in [9.17, 15) is 10.1 Å². The highest BCUT2D eigenvalue weighted by molar-refractivity contribution is 5.99. The van der Waals surface area contributed by atoms with Gasteiger partial charge < -0.3 is 10.6 Å². The van der Waals surface area contributed by atoms with E-state index >= 15 is 0 Å². The van der Waals surface area contributed by atoms with E-state index in [1.54, 1.807) is 0 Å². The van der Waals surface area contributed by atoms with Crippen molar-refractivity contribution >= 4 is 22.4 Å². The van der Waals surface area contributed by atoms with Gasteiger partial charge in [-0.2, -0.15) is 5.26 Å². The third-order valence-corrected chi connectivity index (χ3v) is 5.75. The van der Waals surface area contributed by atoms with Crippen LogP contribution in [0.3, 0.4) is 0 Å². The first kappa shape index (κ1) is 19.7. The lowest BCUT2D eigenvalue weighted by molar-refractivity contribution is -0.117. The van der Waals surface area contributed by atoms with Crippen molar-refractivity contribution in [2.24, 2.45) is 0 Å². The third kappa shape index (κ3) is 4.21. The van der Waals surface area contributed by atoms with Crippen LogP contribution in [0, 0.1) is 11.3 Å². The van der Waals surface area contributed by atoms with Crippen LogP contribution < -0.4 is 10.6 Å². The number of aryl methyl sites for hydroxylation is 2. The van der Waals surface area contributed by atoms with Gasteiger partial charge in [0.25, 0.3) is 5.91 Å². The van der Waals surface area contributed by atoms with Gasteiger partial charge in [-0.1, -0.05) is 54.6 Å². The van der Waals surface area contributed by atoms with E-state index in [0.717, 1.165) is 34.9 Å². The summed E-state index contributed by atoms with van der Waals surface area (Å²) in [6.45, 7) is 1.95. The van der Waals surface area contributed by atoms with Crippen molar-refractivity contribution < 1.29 is 4.79 Å². The summed E-state index contributed by atoms with van der Waals surface area (Å²) in [5.74, 6) is -0.379. The van der Waals surface area contributed by atoms with Crippen molar-refractivity contribution in [3.05, 3.63) is 89.1 Å². The highest BCUT2D eigenvalue weighted by atomic mass is 16.1. The highest BCUT2D eigenvalue weighted by Gasteiger charge is 2.16. The Balaban J connectivity index is 1.48. The average molecular weight is 396 g/mol.